The Morgan fingerprint density at radius 2 is 1.73 bits per heavy atom. The molecule has 0 spiro atoms. The summed E-state index contributed by atoms with van der Waals surface area (Å²) in [5.41, 5.74) is 0.216. The molecule has 0 aromatic heterocycles. The van der Waals surface area contributed by atoms with Crippen molar-refractivity contribution >= 4 is 11.6 Å². The van der Waals surface area contributed by atoms with Crippen molar-refractivity contribution in [1.29, 1.82) is 0 Å². The molecule has 22 heavy (non-hydrogen) atoms. The van der Waals surface area contributed by atoms with Crippen LogP contribution in [-0.4, -0.2) is 25.6 Å². The van der Waals surface area contributed by atoms with Crippen molar-refractivity contribution in [3.05, 3.63) is 60.2 Å². The Hall–Kier alpha value is -2.63. The summed E-state index contributed by atoms with van der Waals surface area (Å²) >= 11 is 0. The molecular formula is C16H16F2N2O2. The van der Waals surface area contributed by atoms with E-state index in [2.05, 4.69) is 10.6 Å². The van der Waals surface area contributed by atoms with E-state index >= 15 is 0 Å². The van der Waals surface area contributed by atoms with Crippen LogP contribution < -0.4 is 15.4 Å². The van der Waals surface area contributed by atoms with Crippen molar-refractivity contribution in [2.24, 2.45) is 0 Å². The van der Waals surface area contributed by atoms with E-state index in [0.29, 0.717) is 13.2 Å². The molecule has 2 rings (SSSR count). The molecule has 6 heteroatoms. The molecule has 0 atom stereocenters. The Morgan fingerprint density at radius 3 is 2.41 bits per heavy atom. The second kappa shape index (κ2) is 7.97. The fourth-order valence-electron chi connectivity index (χ4n) is 1.78. The number of carbonyl (C=O) groups is 1. The average molecular weight is 306 g/mol. The topological polar surface area (TPSA) is 50.4 Å². The van der Waals surface area contributed by atoms with E-state index in [1.165, 1.54) is 0 Å². The van der Waals surface area contributed by atoms with E-state index in [4.69, 9.17) is 4.74 Å². The molecule has 2 N–H and O–H groups in total. The smallest absolute Gasteiger partial charge is 0.239 e. The highest BCUT2D eigenvalue weighted by atomic mass is 19.1. The number of halogens is 2. The van der Waals surface area contributed by atoms with Crippen LogP contribution in [0, 0.1) is 11.6 Å². The molecule has 0 aliphatic carbocycles. The van der Waals surface area contributed by atoms with Gasteiger partial charge in [0, 0.05) is 11.8 Å². The molecule has 0 bridgehead atoms. The van der Waals surface area contributed by atoms with Crippen molar-refractivity contribution in [3.8, 4) is 5.75 Å². The van der Waals surface area contributed by atoms with E-state index in [9.17, 15) is 13.6 Å². The minimum atomic E-state index is -0.695. The number of rotatable bonds is 7. The molecule has 0 unspecified atom stereocenters. The van der Waals surface area contributed by atoms with E-state index < -0.39 is 11.6 Å². The molecule has 0 radical (unpaired) electrons. The lowest BCUT2D eigenvalue weighted by Crippen LogP contribution is -2.33. The highest BCUT2D eigenvalue weighted by Crippen LogP contribution is 2.12. The molecule has 2 aromatic rings. The number of hydrogen-bond donors (Lipinski definition) is 2. The van der Waals surface area contributed by atoms with Crippen molar-refractivity contribution in [1.82, 2.24) is 5.32 Å². The van der Waals surface area contributed by atoms with Crippen molar-refractivity contribution in [2.45, 2.75) is 0 Å². The van der Waals surface area contributed by atoms with Crippen molar-refractivity contribution in [3.63, 3.8) is 0 Å². The first kappa shape index (κ1) is 15.8. The Morgan fingerprint density at radius 1 is 1.05 bits per heavy atom. The van der Waals surface area contributed by atoms with Gasteiger partial charge in [0.1, 0.15) is 24.0 Å². The lowest BCUT2D eigenvalue weighted by atomic mass is 10.3. The van der Waals surface area contributed by atoms with E-state index in [0.717, 1.165) is 23.9 Å². The number of nitrogens with one attached hydrogen (secondary N) is 2. The molecule has 116 valence electrons. The van der Waals surface area contributed by atoms with Gasteiger partial charge in [-0.1, -0.05) is 18.2 Å². The molecule has 2 aromatic carbocycles. The first-order valence-electron chi connectivity index (χ1n) is 6.78. The zero-order valence-electron chi connectivity index (χ0n) is 11.8. The minimum absolute atomic E-state index is 0.0752. The summed E-state index contributed by atoms with van der Waals surface area (Å²) in [5, 5.41) is 5.29. The average Bonchev–Trinajstić information content (AvgIpc) is 2.50. The van der Waals surface area contributed by atoms with Gasteiger partial charge >= 0.3 is 0 Å². The van der Waals surface area contributed by atoms with Crippen LogP contribution in [0.3, 0.4) is 0 Å². The zero-order valence-corrected chi connectivity index (χ0v) is 11.8. The fourth-order valence-corrected chi connectivity index (χ4v) is 1.78. The van der Waals surface area contributed by atoms with Crippen LogP contribution >= 0.6 is 0 Å². The summed E-state index contributed by atoms with van der Waals surface area (Å²) < 4.78 is 31.3. The van der Waals surface area contributed by atoms with E-state index in [1.807, 2.05) is 30.3 Å². The molecular weight excluding hydrogens is 290 g/mol. The van der Waals surface area contributed by atoms with Crippen LogP contribution in [0.1, 0.15) is 0 Å². The van der Waals surface area contributed by atoms with Gasteiger partial charge in [0.25, 0.3) is 0 Å². The van der Waals surface area contributed by atoms with Crippen LogP contribution in [0.15, 0.2) is 48.5 Å². The van der Waals surface area contributed by atoms with Gasteiger partial charge in [-0.15, -0.1) is 0 Å². The van der Waals surface area contributed by atoms with E-state index in [-0.39, 0.29) is 18.1 Å². The lowest BCUT2D eigenvalue weighted by molar-refractivity contribution is -0.119. The number of ether oxygens (including phenoxy) is 1. The summed E-state index contributed by atoms with van der Waals surface area (Å²) in [6.45, 7) is 0.603. The number of anilines is 1. The summed E-state index contributed by atoms with van der Waals surface area (Å²) in [7, 11) is 0. The predicted octanol–water partition coefficient (Wildman–Crippen LogP) is 2.57. The molecule has 0 saturated heterocycles. The molecule has 0 saturated carbocycles. The van der Waals surface area contributed by atoms with Crippen molar-refractivity contribution in [2.75, 3.05) is 25.0 Å². The third-order valence-electron chi connectivity index (χ3n) is 2.75. The van der Waals surface area contributed by atoms with E-state index in [1.54, 1.807) is 0 Å². The Kier molecular flexibility index (Phi) is 5.71. The third kappa shape index (κ3) is 5.40. The van der Waals surface area contributed by atoms with Gasteiger partial charge in [-0.25, -0.2) is 8.78 Å². The van der Waals surface area contributed by atoms with Crippen LogP contribution in [0.25, 0.3) is 0 Å². The maximum Gasteiger partial charge on any atom is 0.239 e. The maximum absolute atomic E-state index is 13.0. The van der Waals surface area contributed by atoms with Crippen molar-refractivity contribution < 1.29 is 18.3 Å². The van der Waals surface area contributed by atoms with Crippen LogP contribution in [0.5, 0.6) is 5.75 Å². The summed E-state index contributed by atoms with van der Waals surface area (Å²) in [5.74, 6) is -0.954. The van der Waals surface area contributed by atoms with Crippen LogP contribution in [0.2, 0.25) is 0 Å². The standard InChI is InChI=1S/C16H16F2N2O2/c17-12-8-13(18)10-14(9-12)20-11-16(21)19-6-7-22-15-4-2-1-3-5-15/h1-5,8-10,20H,6-7,11H2,(H,19,21). The molecule has 0 fully saturated rings. The molecule has 0 heterocycles. The Bertz CT molecular complexity index is 601. The SMILES string of the molecule is O=C(CNc1cc(F)cc(F)c1)NCCOc1ccccc1. The third-order valence-corrected chi connectivity index (χ3v) is 2.75. The first-order chi connectivity index (χ1) is 10.6. The zero-order chi connectivity index (χ0) is 15.8. The van der Waals surface area contributed by atoms with Gasteiger partial charge < -0.3 is 15.4 Å². The van der Waals surface area contributed by atoms with Gasteiger partial charge in [0.05, 0.1) is 13.1 Å². The second-order valence-corrected chi connectivity index (χ2v) is 4.52. The quantitative estimate of drug-likeness (QED) is 0.773. The predicted molar refractivity (Wildman–Crippen MR) is 79.8 cm³/mol. The van der Waals surface area contributed by atoms with Gasteiger partial charge in [-0.2, -0.15) is 0 Å². The largest absolute Gasteiger partial charge is 0.492 e. The monoisotopic (exact) mass is 306 g/mol. The second-order valence-electron chi connectivity index (χ2n) is 4.52. The number of carbonyl (C=O) groups excluding carboxylic acids is 1. The van der Waals surface area contributed by atoms with Gasteiger partial charge in [-0.05, 0) is 24.3 Å². The highest BCUT2D eigenvalue weighted by molar-refractivity contribution is 5.80. The summed E-state index contributed by atoms with van der Waals surface area (Å²) in [4.78, 5) is 11.6. The fraction of sp³-hybridized carbons (Fsp3) is 0.188. The first-order valence-corrected chi connectivity index (χ1v) is 6.78. The van der Waals surface area contributed by atoms with Gasteiger partial charge in [0.2, 0.25) is 5.91 Å². The molecule has 4 nitrogen and oxygen atoms in total. The van der Waals surface area contributed by atoms with Gasteiger partial charge in [0.15, 0.2) is 0 Å². The molecule has 0 aliphatic rings. The summed E-state index contributed by atoms with van der Waals surface area (Å²) in [6.07, 6.45) is 0. The maximum atomic E-state index is 13.0. The highest BCUT2D eigenvalue weighted by Gasteiger charge is 2.03. The van der Waals surface area contributed by atoms with Crippen LogP contribution in [-0.2, 0) is 4.79 Å². The number of amides is 1. The number of hydrogen-bond acceptors (Lipinski definition) is 3. The Balaban J connectivity index is 1.65. The molecule has 1 amide bonds. The normalized spacial score (nSPS) is 10.1. The van der Waals surface area contributed by atoms with Crippen LogP contribution in [0.4, 0.5) is 14.5 Å². The molecule has 0 aliphatic heterocycles. The minimum Gasteiger partial charge on any atom is -0.492 e. The number of benzene rings is 2. The van der Waals surface area contributed by atoms with Gasteiger partial charge in [-0.3, -0.25) is 4.79 Å². The summed E-state index contributed by atoms with van der Waals surface area (Å²) in [6, 6.07) is 12.3. The Labute approximate surface area is 127 Å². The lowest BCUT2D eigenvalue weighted by Gasteiger charge is -2.09. The number of para-hydroxylation sites is 1.